The molecule has 2 heteroatoms. The molecule has 0 heterocycles. The summed E-state index contributed by atoms with van der Waals surface area (Å²) in [6, 6.07) is 10.5. The lowest BCUT2D eigenvalue weighted by Crippen LogP contribution is -1.97. The summed E-state index contributed by atoms with van der Waals surface area (Å²) in [5.74, 6) is 0.659. The van der Waals surface area contributed by atoms with Crippen molar-refractivity contribution >= 4 is 12.4 Å². The second kappa shape index (κ2) is 19.5. The van der Waals surface area contributed by atoms with Crippen LogP contribution in [0.25, 0.3) is 0 Å². The average molecular weight is 342 g/mol. The van der Waals surface area contributed by atoms with Gasteiger partial charge in [-0.25, -0.2) is 0 Å². The van der Waals surface area contributed by atoms with E-state index in [1.165, 1.54) is 69.8 Å². The van der Waals surface area contributed by atoms with E-state index in [1.807, 2.05) is 6.07 Å². The van der Waals surface area contributed by atoms with Crippen LogP contribution in [-0.4, -0.2) is 6.54 Å². The average Bonchev–Trinajstić information content (AvgIpc) is 2.55. The number of benzene rings is 1. The van der Waals surface area contributed by atoms with Crippen LogP contribution in [0.4, 0.5) is 0 Å². The summed E-state index contributed by atoms with van der Waals surface area (Å²) in [6.45, 7) is 7.55. The van der Waals surface area contributed by atoms with E-state index in [2.05, 4.69) is 45.0 Å². The fourth-order valence-electron chi connectivity index (χ4n) is 2.47. The Kier molecular flexibility index (Phi) is 21.0. The molecular formula is C21H40ClN. The summed E-state index contributed by atoms with van der Waals surface area (Å²) in [5.41, 5.74) is 6.84. The number of halogens is 1. The Hall–Kier alpha value is -0.530. The monoisotopic (exact) mass is 341 g/mol. The van der Waals surface area contributed by atoms with E-state index >= 15 is 0 Å². The van der Waals surface area contributed by atoms with Crippen molar-refractivity contribution in [1.82, 2.24) is 0 Å². The van der Waals surface area contributed by atoms with Crippen molar-refractivity contribution in [2.75, 3.05) is 6.54 Å². The van der Waals surface area contributed by atoms with Crippen molar-refractivity contribution in [3.05, 3.63) is 35.9 Å². The fourth-order valence-corrected chi connectivity index (χ4v) is 2.47. The van der Waals surface area contributed by atoms with Gasteiger partial charge in [-0.2, -0.15) is 0 Å². The van der Waals surface area contributed by atoms with Crippen LogP contribution in [0.1, 0.15) is 96.5 Å². The molecule has 0 aliphatic carbocycles. The third-order valence-corrected chi connectivity index (χ3v) is 4.02. The molecule has 0 bridgehead atoms. The molecule has 0 fully saturated rings. The number of rotatable bonds is 11. The van der Waals surface area contributed by atoms with Gasteiger partial charge in [-0.3, -0.25) is 0 Å². The van der Waals surface area contributed by atoms with Crippen molar-refractivity contribution < 1.29 is 0 Å². The van der Waals surface area contributed by atoms with Gasteiger partial charge in [-0.05, 0) is 24.4 Å². The normalized spacial score (nSPS) is 9.96. The van der Waals surface area contributed by atoms with E-state index in [-0.39, 0.29) is 12.4 Å². The number of unbranched alkanes of at least 4 members (excludes halogenated alkanes) is 9. The summed E-state index contributed by atoms with van der Waals surface area (Å²) in [6.07, 6.45) is 13.9. The second-order valence-electron chi connectivity index (χ2n) is 6.54. The first-order chi connectivity index (χ1) is 10.7. The largest absolute Gasteiger partial charge is 0.330 e. The molecule has 0 radical (unpaired) electrons. The Balaban J connectivity index is 0. The first-order valence-electron chi connectivity index (χ1n) is 9.47. The van der Waals surface area contributed by atoms with Gasteiger partial charge in [0.25, 0.3) is 0 Å². The highest BCUT2D eigenvalue weighted by Crippen LogP contribution is 2.12. The van der Waals surface area contributed by atoms with Crippen LogP contribution >= 0.6 is 12.4 Å². The summed E-state index contributed by atoms with van der Waals surface area (Å²) < 4.78 is 0. The summed E-state index contributed by atoms with van der Waals surface area (Å²) in [7, 11) is 0. The minimum absolute atomic E-state index is 0. The molecule has 0 aliphatic heterocycles. The molecule has 0 aliphatic rings. The topological polar surface area (TPSA) is 26.0 Å². The van der Waals surface area contributed by atoms with Gasteiger partial charge in [-0.1, -0.05) is 109 Å². The lowest BCUT2D eigenvalue weighted by atomic mass is 10.0. The zero-order valence-corrected chi connectivity index (χ0v) is 16.5. The molecule has 136 valence electrons. The van der Waals surface area contributed by atoms with E-state index in [9.17, 15) is 0 Å². The molecule has 0 unspecified atom stereocenters. The maximum atomic E-state index is 5.42. The molecule has 1 rings (SSSR count). The zero-order chi connectivity index (χ0) is 16.5. The predicted octanol–water partition coefficient (Wildman–Crippen LogP) is 7.10. The third kappa shape index (κ3) is 17.7. The first-order valence-corrected chi connectivity index (χ1v) is 9.47. The molecule has 0 atom stereocenters. The van der Waals surface area contributed by atoms with Gasteiger partial charge < -0.3 is 5.73 Å². The molecule has 23 heavy (non-hydrogen) atoms. The van der Waals surface area contributed by atoms with Crippen molar-refractivity contribution in [3.8, 4) is 0 Å². The highest BCUT2D eigenvalue weighted by molar-refractivity contribution is 5.85. The zero-order valence-electron chi connectivity index (χ0n) is 15.7. The molecule has 0 saturated carbocycles. The standard InChI is InChI=1S/C12H27N.C9H12.ClH/c1-2-3-4-5-6-7-8-9-10-11-12-13;1-8(2)9-6-4-3-5-7-9;/h2-13H2,1H3;3-8H,1-2H3;1H. The molecular weight excluding hydrogens is 302 g/mol. The van der Waals surface area contributed by atoms with E-state index in [1.54, 1.807) is 0 Å². The van der Waals surface area contributed by atoms with Crippen LogP contribution in [0.3, 0.4) is 0 Å². The van der Waals surface area contributed by atoms with E-state index in [0.717, 1.165) is 6.54 Å². The van der Waals surface area contributed by atoms with Gasteiger partial charge in [0.15, 0.2) is 0 Å². The Morgan fingerprint density at radius 3 is 1.52 bits per heavy atom. The summed E-state index contributed by atoms with van der Waals surface area (Å²) >= 11 is 0. The summed E-state index contributed by atoms with van der Waals surface area (Å²) in [4.78, 5) is 0. The van der Waals surface area contributed by atoms with Crippen molar-refractivity contribution in [1.29, 1.82) is 0 Å². The van der Waals surface area contributed by atoms with Gasteiger partial charge in [0.1, 0.15) is 0 Å². The van der Waals surface area contributed by atoms with Crippen molar-refractivity contribution in [2.24, 2.45) is 5.73 Å². The van der Waals surface area contributed by atoms with Gasteiger partial charge in [-0.15, -0.1) is 12.4 Å². The molecule has 0 aromatic heterocycles. The van der Waals surface area contributed by atoms with Crippen LogP contribution in [0.15, 0.2) is 30.3 Å². The van der Waals surface area contributed by atoms with Crippen LogP contribution in [0, 0.1) is 0 Å². The lowest BCUT2D eigenvalue weighted by Gasteiger charge is -2.01. The van der Waals surface area contributed by atoms with Gasteiger partial charge in [0, 0.05) is 0 Å². The Morgan fingerprint density at radius 1 is 0.739 bits per heavy atom. The highest BCUT2D eigenvalue weighted by Gasteiger charge is 1.93. The SMILES string of the molecule is CC(C)c1ccccc1.CCCCCCCCCCCCN.Cl. The molecule has 2 N–H and O–H groups in total. The molecule has 1 nitrogen and oxygen atoms in total. The van der Waals surface area contributed by atoms with E-state index < -0.39 is 0 Å². The first kappa shape index (κ1) is 24.7. The van der Waals surface area contributed by atoms with Crippen molar-refractivity contribution in [2.45, 2.75) is 90.9 Å². The summed E-state index contributed by atoms with van der Waals surface area (Å²) in [5, 5.41) is 0. The third-order valence-electron chi connectivity index (χ3n) is 4.02. The fraction of sp³-hybridized carbons (Fsp3) is 0.714. The van der Waals surface area contributed by atoms with Gasteiger partial charge >= 0.3 is 0 Å². The smallest absolute Gasteiger partial charge is 0.00773 e. The van der Waals surface area contributed by atoms with E-state index in [4.69, 9.17) is 5.73 Å². The molecule has 1 aromatic rings. The Bertz CT molecular complexity index is 301. The van der Waals surface area contributed by atoms with Gasteiger partial charge in [0.2, 0.25) is 0 Å². The van der Waals surface area contributed by atoms with Crippen LogP contribution in [-0.2, 0) is 0 Å². The number of hydrogen-bond acceptors (Lipinski definition) is 1. The predicted molar refractivity (Wildman–Crippen MR) is 109 cm³/mol. The highest BCUT2D eigenvalue weighted by atomic mass is 35.5. The molecule has 0 saturated heterocycles. The van der Waals surface area contributed by atoms with Crippen molar-refractivity contribution in [3.63, 3.8) is 0 Å². The minimum atomic E-state index is 0. The van der Waals surface area contributed by atoms with Crippen LogP contribution in [0.2, 0.25) is 0 Å². The van der Waals surface area contributed by atoms with E-state index in [0.29, 0.717) is 5.92 Å². The lowest BCUT2D eigenvalue weighted by molar-refractivity contribution is 0.558. The van der Waals surface area contributed by atoms with Crippen LogP contribution < -0.4 is 5.73 Å². The minimum Gasteiger partial charge on any atom is -0.330 e. The molecule has 1 aromatic carbocycles. The molecule has 0 amide bonds. The Morgan fingerprint density at radius 2 is 1.17 bits per heavy atom. The number of nitrogens with two attached hydrogens (primary N) is 1. The quantitative estimate of drug-likeness (QED) is 0.427. The van der Waals surface area contributed by atoms with Gasteiger partial charge in [0.05, 0.1) is 0 Å². The molecule has 0 spiro atoms. The number of hydrogen-bond donors (Lipinski definition) is 1. The maximum Gasteiger partial charge on any atom is -0.00773 e. The second-order valence-corrected chi connectivity index (χ2v) is 6.54. The Labute approximate surface area is 151 Å². The maximum absolute atomic E-state index is 5.42. The van der Waals surface area contributed by atoms with Crippen LogP contribution in [0.5, 0.6) is 0 Å².